The van der Waals surface area contributed by atoms with Crippen LogP contribution in [0.1, 0.15) is 51.0 Å². The van der Waals surface area contributed by atoms with Crippen LogP contribution >= 0.6 is 0 Å². The van der Waals surface area contributed by atoms with Gasteiger partial charge in [0, 0.05) is 6.54 Å². The molecule has 1 saturated carbocycles. The molecule has 0 aromatic carbocycles. The van der Waals surface area contributed by atoms with E-state index in [1.165, 1.54) is 32.1 Å². The number of hydrogen-bond donors (Lipinski definition) is 1. The lowest BCUT2D eigenvalue weighted by Crippen LogP contribution is -2.16. The van der Waals surface area contributed by atoms with E-state index >= 15 is 0 Å². The number of nitrogens with zero attached hydrogens (tertiary/aromatic N) is 2. The number of hydrogen-bond acceptors (Lipinski definition) is 4. The molecule has 106 valence electrons. The Balaban J connectivity index is 1.91. The summed E-state index contributed by atoms with van der Waals surface area (Å²) in [6, 6.07) is 0. The Morgan fingerprint density at radius 1 is 1.26 bits per heavy atom. The van der Waals surface area contributed by atoms with E-state index in [0.717, 1.165) is 36.8 Å². The van der Waals surface area contributed by atoms with Gasteiger partial charge < -0.3 is 10.1 Å². The Morgan fingerprint density at radius 3 is 2.79 bits per heavy atom. The molecule has 1 heterocycles. The molecule has 0 atom stereocenters. The SMILES string of the molecule is CCCNc1ncnc(OCC2CCCCC2)c1C. The van der Waals surface area contributed by atoms with Crippen LogP contribution in [-0.2, 0) is 0 Å². The summed E-state index contributed by atoms with van der Waals surface area (Å²) in [7, 11) is 0. The van der Waals surface area contributed by atoms with Gasteiger partial charge in [0.25, 0.3) is 0 Å². The molecule has 4 heteroatoms. The summed E-state index contributed by atoms with van der Waals surface area (Å²) in [5.74, 6) is 2.34. The molecular formula is C15H25N3O. The van der Waals surface area contributed by atoms with Crippen LogP contribution in [0.3, 0.4) is 0 Å². The average molecular weight is 263 g/mol. The summed E-state index contributed by atoms with van der Waals surface area (Å²) in [5.41, 5.74) is 1.02. The van der Waals surface area contributed by atoms with Crippen molar-refractivity contribution in [1.29, 1.82) is 0 Å². The summed E-state index contributed by atoms with van der Waals surface area (Å²) < 4.78 is 5.91. The van der Waals surface area contributed by atoms with Crippen LogP contribution < -0.4 is 10.1 Å². The number of rotatable bonds is 6. The Hall–Kier alpha value is -1.32. The first kappa shape index (κ1) is 14.1. The van der Waals surface area contributed by atoms with Crippen LogP contribution in [0.4, 0.5) is 5.82 Å². The van der Waals surface area contributed by atoms with Crippen LogP contribution in [-0.4, -0.2) is 23.1 Å². The summed E-state index contributed by atoms with van der Waals surface area (Å²) in [5, 5.41) is 3.31. The fraction of sp³-hybridized carbons (Fsp3) is 0.733. The molecule has 1 aromatic rings. The summed E-state index contributed by atoms with van der Waals surface area (Å²) in [6.45, 7) is 5.89. The van der Waals surface area contributed by atoms with Crippen molar-refractivity contribution in [2.45, 2.75) is 52.4 Å². The molecule has 0 spiro atoms. The van der Waals surface area contributed by atoms with Crippen molar-refractivity contribution in [3.63, 3.8) is 0 Å². The van der Waals surface area contributed by atoms with Gasteiger partial charge in [0.05, 0.1) is 12.2 Å². The van der Waals surface area contributed by atoms with Crippen molar-refractivity contribution in [3.05, 3.63) is 11.9 Å². The maximum absolute atomic E-state index is 5.91. The Kier molecular flexibility index (Phi) is 5.43. The van der Waals surface area contributed by atoms with Gasteiger partial charge in [0.2, 0.25) is 5.88 Å². The topological polar surface area (TPSA) is 47.0 Å². The van der Waals surface area contributed by atoms with Gasteiger partial charge in [-0.25, -0.2) is 9.97 Å². The van der Waals surface area contributed by atoms with Crippen molar-refractivity contribution in [3.8, 4) is 5.88 Å². The van der Waals surface area contributed by atoms with E-state index < -0.39 is 0 Å². The quantitative estimate of drug-likeness (QED) is 0.852. The van der Waals surface area contributed by atoms with Gasteiger partial charge in [-0.2, -0.15) is 0 Å². The molecule has 4 nitrogen and oxygen atoms in total. The zero-order chi connectivity index (χ0) is 13.5. The maximum atomic E-state index is 5.91. The lowest BCUT2D eigenvalue weighted by molar-refractivity contribution is 0.201. The van der Waals surface area contributed by atoms with Crippen LogP contribution in [0, 0.1) is 12.8 Å². The van der Waals surface area contributed by atoms with Crippen molar-refractivity contribution < 1.29 is 4.74 Å². The minimum absolute atomic E-state index is 0.704. The fourth-order valence-electron chi connectivity index (χ4n) is 2.55. The molecule has 1 aliphatic rings. The van der Waals surface area contributed by atoms with E-state index in [1.54, 1.807) is 6.33 Å². The highest BCUT2D eigenvalue weighted by atomic mass is 16.5. The van der Waals surface area contributed by atoms with Gasteiger partial charge in [0.15, 0.2) is 0 Å². The van der Waals surface area contributed by atoms with Crippen molar-refractivity contribution in [2.24, 2.45) is 5.92 Å². The van der Waals surface area contributed by atoms with Crippen molar-refractivity contribution in [1.82, 2.24) is 9.97 Å². The summed E-state index contributed by atoms with van der Waals surface area (Å²) in [6.07, 6.45) is 9.34. The second-order valence-electron chi connectivity index (χ2n) is 5.39. The first-order valence-corrected chi connectivity index (χ1v) is 7.49. The van der Waals surface area contributed by atoms with Gasteiger partial charge in [-0.15, -0.1) is 0 Å². The van der Waals surface area contributed by atoms with Gasteiger partial charge in [0.1, 0.15) is 12.1 Å². The molecular weight excluding hydrogens is 238 g/mol. The van der Waals surface area contributed by atoms with E-state index in [1.807, 2.05) is 6.92 Å². The number of nitrogens with one attached hydrogen (secondary N) is 1. The normalized spacial score (nSPS) is 16.3. The van der Waals surface area contributed by atoms with Gasteiger partial charge in [-0.1, -0.05) is 26.2 Å². The van der Waals surface area contributed by atoms with Crippen LogP contribution in [0.2, 0.25) is 0 Å². The van der Waals surface area contributed by atoms with E-state index in [-0.39, 0.29) is 0 Å². The summed E-state index contributed by atoms with van der Waals surface area (Å²) >= 11 is 0. The first-order valence-electron chi connectivity index (χ1n) is 7.49. The third-order valence-corrected chi connectivity index (χ3v) is 3.76. The highest BCUT2D eigenvalue weighted by molar-refractivity contribution is 5.47. The van der Waals surface area contributed by atoms with E-state index in [4.69, 9.17) is 4.74 Å². The van der Waals surface area contributed by atoms with Crippen LogP contribution in [0.5, 0.6) is 5.88 Å². The lowest BCUT2D eigenvalue weighted by atomic mass is 9.90. The predicted molar refractivity (Wildman–Crippen MR) is 77.6 cm³/mol. The van der Waals surface area contributed by atoms with Crippen molar-refractivity contribution >= 4 is 5.82 Å². The van der Waals surface area contributed by atoms with Crippen molar-refractivity contribution in [2.75, 3.05) is 18.5 Å². The molecule has 0 bridgehead atoms. The molecule has 1 N–H and O–H groups in total. The second-order valence-corrected chi connectivity index (χ2v) is 5.39. The molecule has 1 fully saturated rings. The predicted octanol–water partition coefficient (Wildman–Crippen LogP) is 3.57. The molecule has 19 heavy (non-hydrogen) atoms. The second kappa shape index (κ2) is 7.31. The first-order chi connectivity index (χ1) is 9.31. The highest BCUT2D eigenvalue weighted by Gasteiger charge is 2.15. The molecule has 2 rings (SSSR count). The maximum Gasteiger partial charge on any atom is 0.221 e. The van der Waals surface area contributed by atoms with E-state index in [0.29, 0.717) is 5.92 Å². The number of aromatic nitrogens is 2. The standard InChI is InChI=1S/C15H25N3O/c1-3-9-16-14-12(2)15(18-11-17-14)19-10-13-7-5-4-6-8-13/h11,13H,3-10H2,1-2H3,(H,16,17,18). The van der Waals surface area contributed by atoms with E-state index in [2.05, 4.69) is 22.2 Å². The monoisotopic (exact) mass is 263 g/mol. The molecule has 1 aliphatic carbocycles. The molecule has 0 unspecified atom stereocenters. The zero-order valence-electron chi connectivity index (χ0n) is 12.1. The number of ether oxygens (including phenoxy) is 1. The van der Waals surface area contributed by atoms with Gasteiger partial charge in [-0.3, -0.25) is 0 Å². The fourth-order valence-corrected chi connectivity index (χ4v) is 2.55. The smallest absolute Gasteiger partial charge is 0.221 e. The molecule has 0 amide bonds. The van der Waals surface area contributed by atoms with E-state index in [9.17, 15) is 0 Å². The Labute approximate surface area is 116 Å². The lowest BCUT2D eigenvalue weighted by Gasteiger charge is -2.22. The Morgan fingerprint density at radius 2 is 2.05 bits per heavy atom. The minimum Gasteiger partial charge on any atom is -0.477 e. The third-order valence-electron chi connectivity index (χ3n) is 3.76. The van der Waals surface area contributed by atoms with Crippen LogP contribution in [0.25, 0.3) is 0 Å². The molecule has 0 aliphatic heterocycles. The largest absolute Gasteiger partial charge is 0.477 e. The van der Waals surface area contributed by atoms with Crippen LogP contribution in [0.15, 0.2) is 6.33 Å². The molecule has 1 aromatic heterocycles. The minimum atomic E-state index is 0.704. The Bertz CT molecular complexity index is 389. The van der Waals surface area contributed by atoms with Gasteiger partial charge >= 0.3 is 0 Å². The molecule has 0 radical (unpaired) electrons. The molecule has 0 saturated heterocycles. The van der Waals surface area contributed by atoms with Gasteiger partial charge in [-0.05, 0) is 32.1 Å². The highest BCUT2D eigenvalue weighted by Crippen LogP contribution is 2.26. The number of anilines is 1. The zero-order valence-corrected chi connectivity index (χ0v) is 12.1. The summed E-state index contributed by atoms with van der Waals surface area (Å²) in [4.78, 5) is 8.53. The average Bonchev–Trinajstić information content (AvgIpc) is 2.46. The third kappa shape index (κ3) is 4.08.